The molecular formula is C8H12FN3O3. The molecule has 6 nitrogen and oxygen atoms in total. The molecule has 0 saturated heterocycles. The van der Waals surface area contributed by atoms with Crippen molar-refractivity contribution in [3.63, 3.8) is 0 Å². The average Bonchev–Trinajstić information content (AvgIpc) is 2.62. The van der Waals surface area contributed by atoms with E-state index in [9.17, 15) is 9.18 Å². The number of carbonyl (C=O) groups is 1. The third-order valence-electron chi connectivity index (χ3n) is 1.79. The molecule has 0 spiro atoms. The highest BCUT2D eigenvalue weighted by Gasteiger charge is 2.19. The van der Waals surface area contributed by atoms with E-state index in [1.165, 1.54) is 18.9 Å². The van der Waals surface area contributed by atoms with Gasteiger partial charge in [0.25, 0.3) is 0 Å². The first-order chi connectivity index (χ1) is 7.24. The molecule has 0 unspecified atom stereocenters. The monoisotopic (exact) mass is 217 g/mol. The van der Waals surface area contributed by atoms with Crippen LogP contribution in [0.15, 0.2) is 0 Å². The Hall–Kier alpha value is -1.50. The first-order valence-electron chi connectivity index (χ1n) is 4.30. The van der Waals surface area contributed by atoms with Gasteiger partial charge in [0.1, 0.15) is 6.67 Å². The third kappa shape index (κ3) is 2.50. The van der Waals surface area contributed by atoms with Crippen molar-refractivity contribution in [2.45, 2.75) is 13.2 Å². The minimum absolute atomic E-state index is 0.0443. The van der Waals surface area contributed by atoms with Crippen LogP contribution in [0, 0.1) is 0 Å². The van der Waals surface area contributed by atoms with Gasteiger partial charge in [0.05, 0.1) is 26.0 Å². The molecule has 1 aromatic rings. The smallest absolute Gasteiger partial charge is 0.360 e. The lowest BCUT2D eigenvalue weighted by Crippen LogP contribution is -2.11. The van der Waals surface area contributed by atoms with Gasteiger partial charge >= 0.3 is 5.97 Å². The van der Waals surface area contributed by atoms with E-state index in [0.29, 0.717) is 5.69 Å². The molecule has 15 heavy (non-hydrogen) atoms. The van der Waals surface area contributed by atoms with Gasteiger partial charge in [-0.1, -0.05) is 5.21 Å². The molecule has 0 saturated carbocycles. The number of aromatic nitrogens is 3. The lowest BCUT2D eigenvalue weighted by Gasteiger charge is -2.03. The van der Waals surface area contributed by atoms with Crippen LogP contribution in [0.3, 0.4) is 0 Å². The standard InChI is InChI=1S/C8H12FN3O3/c1-14-5-6-7(8(13)15-2)10-11-12(6)4-3-9/h3-5H2,1-2H3. The molecular weight excluding hydrogens is 205 g/mol. The molecule has 0 N–H and O–H groups in total. The van der Waals surface area contributed by atoms with Crippen molar-refractivity contribution >= 4 is 5.97 Å². The van der Waals surface area contributed by atoms with Crippen molar-refractivity contribution in [3.8, 4) is 0 Å². The number of methoxy groups -OCH3 is 2. The molecule has 1 aromatic heterocycles. The quantitative estimate of drug-likeness (QED) is 0.658. The fourth-order valence-electron chi connectivity index (χ4n) is 1.13. The van der Waals surface area contributed by atoms with Gasteiger partial charge < -0.3 is 9.47 Å². The molecule has 1 rings (SSSR count). The molecule has 0 atom stereocenters. The number of esters is 1. The number of carbonyl (C=O) groups excluding carboxylic acids is 1. The van der Waals surface area contributed by atoms with Gasteiger partial charge in [-0.3, -0.25) is 0 Å². The summed E-state index contributed by atoms with van der Waals surface area (Å²) in [5.74, 6) is -0.604. The Morgan fingerprint density at radius 2 is 2.27 bits per heavy atom. The van der Waals surface area contributed by atoms with E-state index in [1.807, 2.05) is 0 Å². The van der Waals surface area contributed by atoms with Crippen LogP contribution in [-0.2, 0) is 22.6 Å². The zero-order valence-electron chi connectivity index (χ0n) is 8.57. The Morgan fingerprint density at radius 1 is 1.53 bits per heavy atom. The zero-order valence-corrected chi connectivity index (χ0v) is 8.57. The number of rotatable bonds is 5. The highest BCUT2D eigenvalue weighted by molar-refractivity contribution is 5.88. The van der Waals surface area contributed by atoms with Crippen LogP contribution in [0.4, 0.5) is 4.39 Å². The zero-order chi connectivity index (χ0) is 11.3. The van der Waals surface area contributed by atoms with Crippen molar-refractivity contribution in [2.24, 2.45) is 0 Å². The number of hydrogen-bond acceptors (Lipinski definition) is 5. The fraction of sp³-hybridized carbons (Fsp3) is 0.625. The highest BCUT2D eigenvalue weighted by Crippen LogP contribution is 2.08. The van der Waals surface area contributed by atoms with E-state index >= 15 is 0 Å². The Bertz CT molecular complexity index is 340. The highest BCUT2D eigenvalue weighted by atomic mass is 19.1. The Kier molecular flexibility index (Phi) is 4.17. The number of halogens is 1. The summed E-state index contributed by atoms with van der Waals surface area (Å²) in [6.45, 7) is -0.402. The Labute approximate surface area is 86.0 Å². The van der Waals surface area contributed by atoms with Crippen molar-refractivity contribution in [1.82, 2.24) is 15.0 Å². The molecule has 7 heteroatoms. The van der Waals surface area contributed by atoms with Crippen molar-refractivity contribution in [1.29, 1.82) is 0 Å². The number of ether oxygens (including phenoxy) is 2. The van der Waals surface area contributed by atoms with Crippen LogP contribution in [0.25, 0.3) is 0 Å². The van der Waals surface area contributed by atoms with Crippen LogP contribution in [0.1, 0.15) is 16.2 Å². The normalized spacial score (nSPS) is 10.3. The molecule has 0 radical (unpaired) electrons. The lowest BCUT2D eigenvalue weighted by molar-refractivity contribution is 0.0588. The third-order valence-corrected chi connectivity index (χ3v) is 1.79. The van der Waals surface area contributed by atoms with Crippen molar-refractivity contribution < 1.29 is 18.7 Å². The van der Waals surface area contributed by atoms with Crippen LogP contribution in [-0.4, -0.2) is 41.9 Å². The summed E-state index contributed by atoms with van der Waals surface area (Å²) in [7, 11) is 2.71. The van der Waals surface area contributed by atoms with Gasteiger partial charge in [0.15, 0.2) is 5.69 Å². The summed E-state index contributed by atoms with van der Waals surface area (Å²) < 4.78 is 22.8. The summed E-state index contributed by atoms with van der Waals surface area (Å²) >= 11 is 0. The second-order valence-electron chi connectivity index (χ2n) is 2.72. The van der Waals surface area contributed by atoms with E-state index in [0.717, 1.165) is 0 Å². The van der Waals surface area contributed by atoms with Crippen molar-refractivity contribution in [3.05, 3.63) is 11.4 Å². The summed E-state index contributed by atoms with van der Waals surface area (Å²) in [6, 6.07) is 0. The first kappa shape index (κ1) is 11.6. The van der Waals surface area contributed by atoms with Gasteiger partial charge in [-0.05, 0) is 0 Å². The van der Waals surface area contributed by atoms with Crippen LogP contribution >= 0.6 is 0 Å². The second kappa shape index (κ2) is 5.40. The van der Waals surface area contributed by atoms with Gasteiger partial charge in [-0.15, -0.1) is 5.10 Å². The molecule has 0 fully saturated rings. The second-order valence-corrected chi connectivity index (χ2v) is 2.72. The van der Waals surface area contributed by atoms with Gasteiger partial charge in [0, 0.05) is 7.11 Å². The van der Waals surface area contributed by atoms with E-state index in [-0.39, 0.29) is 18.8 Å². The van der Waals surface area contributed by atoms with Gasteiger partial charge in [0.2, 0.25) is 0 Å². The Morgan fingerprint density at radius 3 is 2.80 bits per heavy atom. The molecule has 0 aliphatic carbocycles. The maximum absolute atomic E-state index is 12.1. The summed E-state index contributed by atoms with van der Waals surface area (Å²) in [5, 5.41) is 7.26. The van der Waals surface area contributed by atoms with E-state index in [2.05, 4.69) is 15.0 Å². The summed E-state index contributed by atoms with van der Waals surface area (Å²) in [4.78, 5) is 11.2. The maximum Gasteiger partial charge on any atom is 0.360 e. The largest absolute Gasteiger partial charge is 0.464 e. The minimum atomic E-state index is -0.604. The topological polar surface area (TPSA) is 66.2 Å². The SMILES string of the molecule is COCc1c(C(=O)OC)nnn1CCF. The van der Waals surface area contributed by atoms with E-state index in [4.69, 9.17) is 4.74 Å². The van der Waals surface area contributed by atoms with Crippen LogP contribution in [0.5, 0.6) is 0 Å². The predicted octanol–water partition coefficient (Wildman–Crippen LogP) is 0.181. The van der Waals surface area contributed by atoms with Crippen LogP contribution < -0.4 is 0 Å². The lowest BCUT2D eigenvalue weighted by atomic mass is 10.3. The van der Waals surface area contributed by atoms with E-state index in [1.54, 1.807) is 0 Å². The minimum Gasteiger partial charge on any atom is -0.464 e. The number of alkyl halides is 1. The number of nitrogens with zero attached hydrogens (tertiary/aromatic N) is 3. The molecule has 84 valence electrons. The predicted molar refractivity (Wildman–Crippen MR) is 48.0 cm³/mol. The summed E-state index contributed by atoms with van der Waals surface area (Å²) in [6.07, 6.45) is 0. The molecule has 0 aliphatic rings. The average molecular weight is 217 g/mol. The fourth-order valence-corrected chi connectivity index (χ4v) is 1.13. The van der Waals surface area contributed by atoms with Gasteiger partial charge in [-0.25, -0.2) is 13.9 Å². The molecule has 0 aliphatic heterocycles. The number of aryl methyl sites for hydroxylation is 1. The molecule has 0 aromatic carbocycles. The first-order valence-corrected chi connectivity index (χ1v) is 4.30. The number of hydrogen-bond donors (Lipinski definition) is 0. The Balaban J connectivity index is 2.99. The molecule has 0 bridgehead atoms. The van der Waals surface area contributed by atoms with Crippen molar-refractivity contribution in [2.75, 3.05) is 20.9 Å². The molecule has 1 heterocycles. The van der Waals surface area contributed by atoms with Crippen LogP contribution in [0.2, 0.25) is 0 Å². The summed E-state index contributed by atoms with van der Waals surface area (Å²) in [5.41, 5.74) is 0.481. The maximum atomic E-state index is 12.1. The van der Waals surface area contributed by atoms with Gasteiger partial charge in [-0.2, -0.15) is 0 Å². The molecule has 0 amide bonds. The van der Waals surface area contributed by atoms with E-state index < -0.39 is 12.6 Å².